The number of unbranched alkanes of at least 4 members (excludes halogenated alkanes) is 1. The van der Waals surface area contributed by atoms with Crippen LogP contribution in [-0.4, -0.2) is 56.3 Å². The Balaban J connectivity index is 1.49. The van der Waals surface area contributed by atoms with Crippen LogP contribution in [0.5, 0.6) is 0 Å². The number of hydrogen-bond acceptors (Lipinski definition) is 5. The summed E-state index contributed by atoms with van der Waals surface area (Å²) < 4.78 is 11.1. The van der Waals surface area contributed by atoms with Gasteiger partial charge in [0.25, 0.3) is 0 Å². The predicted octanol–water partition coefficient (Wildman–Crippen LogP) is 5.48. The van der Waals surface area contributed by atoms with Crippen LogP contribution in [0.25, 0.3) is 11.0 Å². The Morgan fingerprint density at radius 1 is 1.22 bits per heavy atom. The Morgan fingerprint density at radius 3 is 2.83 bits per heavy atom. The number of piperidine rings is 1. The van der Waals surface area contributed by atoms with Crippen molar-refractivity contribution in [2.75, 3.05) is 40.4 Å². The third kappa shape index (κ3) is 6.51. The van der Waals surface area contributed by atoms with Gasteiger partial charge in [-0.3, -0.25) is 4.79 Å². The van der Waals surface area contributed by atoms with Gasteiger partial charge in [0.15, 0.2) is 0 Å². The van der Waals surface area contributed by atoms with Crippen LogP contribution >= 0.6 is 0 Å². The topological polar surface area (TPSA) is 74.9 Å². The van der Waals surface area contributed by atoms with Crippen molar-refractivity contribution >= 4 is 16.9 Å². The third-order valence-corrected chi connectivity index (χ3v) is 8.65. The molecule has 1 aromatic carbocycles. The van der Waals surface area contributed by atoms with Gasteiger partial charge in [0.2, 0.25) is 5.91 Å². The van der Waals surface area contributed by atoms with E-state index in [0.717, 1.165) is 67.6 Å². The molecule has 2 heterocycles. The summed E-state index contributed by atoms with van der Waals surface area (Å²) in [6.45, 7) is 2.97. The van der Waals surface area contributed by atoms with E-state index in [9.17, 15) is 9.90 Å². The van der Waals surface area contributed by atoms with Gasteiger partial charge in [-0.05, 0) is 70.0 Å². The molecule has 4 rings (SSSR count). The van der Waals surface area contributed by atoms with Gasteiger partial charge >= 0.3 is 0 Å². The Morgan fingerprint density at radius 2 is 2.06 bits per heavy atom. The summed E-state index contributed by atoms with van der Waals surface area (Å²) >= 11 is 0. The Labute approximate surface area is 216 Å². The number of hydrogen-bond donors (Lipinski definition) is 2. The van der Waals surface area contributed by atoms with Crippen molar-refractivity contribution in [1.29, 1.82) is 0 Å². The second kappa shape index (κ2) is 13.1. The molecule has 1 saturated carbocycles. The van der Waals surface area contributed by atoms with E-state index in [1.807, 2.05) is 36.2 Å². The fourth-order valence-electron chi connectivity index (χ4n) is 6.75. The molecule has 1 aromatic heterocycles. The summed E-state index contributed by atoms with van der Waals surface area (Å²) in [7, 11) is 3.70. The smallest absolute Gasteiger partial charge is 0.222 e. The molecule has 1 amide bonds. The van der Waals surface area contributed by atoms with Crippen LogP contribution in [0, 0.1) is 17.8 Å². The highest BCUT2D eigenvalue weighted by molar-refractivity contribution is 5.81. The number of ether oxygens (including phenoxy) is 1. The molecular weight excluding hydrogens is 452 g/mol. The lowest BCUT2D eigenvalue weighted by molar-refractivity contribution is -0.137. The normalized spacial score (nSPS) is 21.6. The van der Waals surface area contributed by atoms with Crippen molar-refractivity contribution in [1.82, 2.24) is 10.2 Å². The molecule has 2 aromatic rings. The number of amides is 1. The number of furan rings is 1. The standard InChI is InChI=1S/C30H46N2O4/c1-31-21-24(19-23-9-3-4-10-23)20-28(33)32-16-8-12-26(22-32)30(34,15-5-6-17-35-2)27-13-7-11-25-14-18-36-29(25)27/h7,11,13-14,18,23-24,26,31,34H,3-6,8-10,12,15-17,19-22H2,1-2H3/t24-,26-,30+/m1/s1. The fraction of sp³-hybridized carbons (Fsp3) is 0.700. The van der Waals surface area contributed by atoms with E-state index in [0.29, 0.717) is 31.9 Å². The molecule has 0 spiro atoms. The lowest BCUT2D eigenvalue weighted by Gasteiger charge is -2.43. The first-order valence-electron chi connectivity index (χ1n) is 14.2. The van der Waals surface area contributed by atoms with E-state index < -0.39 is 5.60 Å². The molecule has 200 valence electrons. The van der Waals surface area contributed by atoms with Crippen LogP contribution in [0.1, 0.15) is 76.2 Å². The zero-order valence-electron chi connectivity index (χ0n) is 22.3. The monoisotopic (exact) mass is 498 g/mol. The van der Waals surface area contributed by atoms with E-state index in [1.54, 1.807) is 13.4 Å². The number of nitrogens with one attached hydrogen (secondary N) is 1. The number of rotatable bonds is 13. The molecule has 0 unspecified atom stereocenters. The summed E-state index contributed by atoms with van der Waals surface area (Å²) in [5.74, 6) is 1.38. The maximum atomic E-state index is 13.5. The molecular formula is C30H46N2O4. The average molecular weight is 499 g/mol. The van der Waals surface area contributed by atoms with Crippen LogP contribution < -0.4 is 5.32 Å². The molecule has 2 aliphatic rings. The first-order chi connectivity index (χ1) is 17.5. The van der Waals surface area contributed by atoms with E-state index in [-0.39, 0.29) is 11.8 Å². The SMILES string of the molecule is CNC[C@@H](CC(=O)N1CCC[C@@H]([C@@](O)(CCCCOC)c2cccc3ccoc23)C1)CC1CCCC1. The Kier molecular flexibility index (Phi) is 9.86. The minimum atomic E-state index is -1.04. The molecule has 6 heteroatoms. The van der Waals surface area contributed by atoms with Crippen LogP contribution in [0.3, 0.4) is 0 Å². The molecule has 6 nitrogen and oxygen atoms in total. The summed E-state index contributed by atoms with van der Waals surface area (Å²) in [5.41, 5.74) is 0.579. The highest BCUT2D eigenvalue weighted by Crippen LogP contribution is 2.43. The molecule has 2 fully saturated rings. The van der Waals surface area contributed by atoms with Crippen molar-refractivity contribution in [2.45, 2.75) is 76.2 Å². The maximum Gasteiger partial charge on any atom is 0.222 e. The van der Waals surface area contributed by atoms with Gasteiger partial charge in [-0.25, -0.2) is 0 Å². The van der Waals surface area contributed by atoms with E-state index in [4.69, 9.17) is 9.15 Å². The first-order valence-corrected chi connectivity index (χ1v) is 14.2. The molecule has 0 bridgehead atoms. The fourth-order valence-corrected chi connectivity index (χ4v) is 6.75. The summed E-state index contributed by atoms with van der Waals surface area (Å²) in [5, 5.41) is 16.7. The second-order valence-electron chi connectivity index (χ2n) is 11.2. The number of methoxy groups -OCH3 is 1. The van der Waals surface area contributed by atoms with Crippen molar-refractivity contribution in [3.63, 3.8) is 0 Å². The third-order valence-electron chi connectivity index (χ3n) is 8.65. The van der Waals surface area contributed by atoms with Gasteiger partial charge in [-0.1, -0.05) is 43.9 Å². The summed E-state index contributed by atoms with van der Waals surface area (Å²) in [6.07, 6.45) is 13.0. The van der Waals surface area contributed by atoms with Crippen molar-refractivity contribution < 1.29 is 19.1 Å². The van der Waals surface area contributed by atoms with Crippen molar-refractivity contribution in [2.24, 2.45) is 17.8 Å². The van der Waals surface area contributed by atoms with Gasteiger partial charge < -0.3 is 24.5 Å². The number of para-hydroxylation sites is 1. The van der Waals surface area contributed by atoms with Crippen molar-refractivity contribution in [3.05, 3.63) is 36.1 Å². The minimum Gasteiger partial charge on any atom is -0.464 e. The van der Waals surface area contributed by atoms with E-state index in [2.05, 4.69) is 5.32 Å². The highest BCUT2D eigenvalue weighted by atomic mass is 16.5. The predicted molar refractivity (Wildman–Crippen MR) is 144 cm³/mol. The first kappa shape index (κ1) is 27.2. The summed E-state index contributed by atoms with van der Waals surface area (Å²) in [6, 6.07) is 7.99. The van der Waals surface area contributed by atoms with Crippen LogP contribution in [0.4, 0.5) is 0 Å². The number of fused-ring (bicyclic) bond motifs is 1. The van der Waals surface area contributed by atoms with Crippen LogP contribution in [0.2, 0.25) is 0 Å². The molecule has 0 radical (unpaired) electrons. The Hall–Kier alpha value is -1.89. The van der Waals surface area contributed by atoms with E-state index in [1.165, 1.54) is 25.7 Å². The number of likely N-dealkylation sites (tertiary alicyclic amines) is 1. The van der Waals surface area contributed by atoms with Crippen LogP contribution in [0.15, 0.2) is 34.9 Å². The highest BCUT2D eigenvalue weighted by Gasteiger charge is 2.42. The number of carbonyl (C=O) groups excluding carboxylic acids is 1. The second-order valence-corrected chi connectivity index (χ2v) is 11.2. The zero-order chi connectivity index (χ0) is 25.4. The van der Waals surface area contributed by atoms with Gasteiger partial charge in [0.1, 0.15) is 5.58 Å². The average Bonchev–Trinajstić information content (AvgIpc) is 3.58. The quantitative estimate of drug-likeness (QED) is 0.358. The lowest BCUT2D eigenvalue weighted by atomic mass is 9.73. The molecule has 36 heavy (non-hydrogen) atoms. The largest absolute Gasteiger partial charge is 0.464 e. The summed E-state index contributed by atoms with van der Waals surface area (Å²) in [4.78, 5) is 15.6. The number of nitrogens with zero attached hydrogens (tertiary/aromatic N) is 1. The lowest BCUT2D eigenvalue weighted by Crippen LogP contribution is -2.48. The molecule has 2 N–H and O–H groups in total. The van der Waals surface area contributed by atoms with Gasteiger partial charge in [-0.2, -0.15) is 0 Å². The molecule has 3 atom stereocenters. The number of aliphatic hydroxyl groups is 1. The molecule has 1 saturated heterocycles. The van der Waals surface area contributed by atoms with Gasteiger partial charge in [0, 0.05) is 50.1 Å². The van der Waals surface area contributed by atoms with Crippen molar-refractivity contribution in [3.8, 4) is 0 Å². The van der Waals surface area contributed by atoms with Gasteiger partial charge in [0.05, 0.1) is 11.9 Å². The number of carbonyl (C=O) groups is 1. The van der Waals surface area contributed by atoms with Crippen LogP contribution in [-0.2, 0) is 15.1 Å². The molecule has 1 aliphatic heterocycles. The minimum absolute atomic E-state index is 0.0222. The number of benzene rings is 1. The Bertz CT molecular complexity index is 953. The molecule has 1 aliphatic carbocycles. The van der Waals surface area contributed by atoms with E-state index >= 15 is 0 Å². The maximum absolute atomic E-state index is 13.5. The van der Waals surface area contributed by atoms with Gasteiger partial charge in [-0.15, -0.1) is 0 Å². The zero-order valence-corrected chi connectivity index (χ0v) is 22.3.